The summed E-state index contributed by atoms with van der Waals surface area (Å²) in [5, 5.41) is 3.58. The van der Waals surface area contributed by atoms with E-state index in [1.54, 1.807) is 28.4 Å². The molecule has 1 unspecified atom stereocenters. The van der Waals surface area contributed by atoms with Crippen molar-refractivity contribution in [2.75, 3.05) is 47.3 Å². The van der Waals surface area contributed by atoms with Gasteiger partial charge in [-0.1, -0.05) is 13.0 Å². The number of hydrogen-bond donors (Lipinski definition) is 1. The number of nitrogens with zero attached hydrogens (tertiary/aromatic N) is 1. The van der Waals surface area contributed by atoms with Crippen LogP contribution in [0.15, 0.2) is 36.4 Å². The van der Waals surface area contributed by atoms with Gasteiger partial charge in [-0.05, 0) is 49.7 Å². The fourth-order valence-corrected chi connectivity index (χ4v) is 3.14. The molecule has 0 aromatic heterocycles. The molecule has 0 bridgehead atoms. The van der Waals surface area contributed by atoms with E-state index >= 15 is 0 Å². The van der Waals surface area contributed by atoms with Gasteiger partial charge >= 0.3 is 0 Å². The highest BCUT2D eigenvalue weighted by molar-refractivity contribution is 5.55. The Labute approximate surface area is 168 Å². The molecule has 0 radical (unpaired) electrons. The van der Waals surface area contributed by atoms with Crippen molar-refractivity contribution in [1.29, 1.82) is 0 Å². The quantitative estimate of drug-likeness (QED) is 0.586. The summed E-state index contributed by atoms with van der Waals surface area (Å²) < 4.78 is 21.4. The zero-order chi connectivity index (χ0) is 20.5. The predicted octanol–water partition coefficient (Wildman–Crippen LogP) is 4.04. The SMILES string of the molecule is CCC(Nc1ccc(OC)c(OC)c1)N(C)CCc1ccc(OC)c(OC)c1. The van der Waals surface area contributed by atoms with E-state index in [9.17, 15) is 0 Å². The van der Waals surface area contributed by atoms with Gasteiger partial charge in [-0.2, -0.15) is 0 Å². The first-order valence-electron chi connectivity index (χ1n) is 9.45. The minimum atomic E-state index is 0.207. The summed E-state index contributed by atoms with van der Waals surface area (Å²) in [4.78, 5) is 2.31. The smallest absolute Gasteiger partial charge is 0.162 e. The molecule has 1 atom stereocenters. The third-order valence-electron chi connectivity index (χ3n) is 4.84. The van der Waals surface area contributed by atoms with Crippen LogP contribution < -0.4 is 24.3 Å². The summed E-state index contributed by atoms with van der Waals surface area (Å²) in [7, 11) is 8.73. The first-order valence-corrected chi connectivity index (χ1v) is 9.45. The molecule has 0 aliphatic carbocycles. The van der Waals surface area contributed by atoms with Crippen molar-refractivity contribution in [3.05, 3.63) is 42.0 Å². The van der Waals surface area contributed by atoms with Crippen molar-refractivity contribution in [3.63, 3.8) is 0 Å². The van der Waals surface area contributed by atoms with E-state index in [-0.39, 0.29) is 6.17 Å². The lowest BCUT2D eigenvalue weighted by molar-refractivity contribution is 0.262. The average molecular weight is 389 g/mol. The third kappa shape index (κ3) is 5.45. The van der Waals surface area contributed by atoms with Crippen molar-refractivity contribution in [1.82, 2.24) is 4.90 Å². The van der Waals surface area contributed by atoms with Gasteiger partial charge in [0.1, 0.15) is 0 Å². The molecular weight excluding hydrogens is 356 g/mol. The standard InChI is InChI=1S/C22H32N2O4/c1-7-22(23-17-9-11-19(26-4)21(15-17)28-6)24(2)13-12-16-8-10-18(25-3)20(14-16)27-5/h8-11,14-15,22-23H,7,12-13H2,1-6H3. The van der Waals surface area contributed by atoms with Crippen LogP contribution in [0.4, 0.5) is 5.69 Å². The van der Waals surface area contributed by atoms with E-state index in [4.69, 9.17) is 18.9 Å². The maximum absolute atomic E-state index is 5.40. The number of hydrogen-bond acceptors (Lipinski definition) is 6. The molecule has 2 aromatic carbocycles. The maximum Gasteiger partial charge on any atom is 0.162 e. The van der Waals surface area contributed by atoms with Crippen LogP contribution in [0, 0.1) is 0 Å². The van der Waals surface area contributed by atoms with Crippen LogP contribution in [0.25, 0.3) is 0 Å². The first kappa shape index (κ1) is 21.7. The number of anilines is 1. The molecule has 6 nitrogen and oxygen atoms in total. The molecule has 0 amide bonds. The molecule has 0 aliphatic rings. The molecule has 6 heteroatoms. The van der Waals surface area contributed by atoms with Crippen LogP contribution in [0.1, 0.15) is 18.9 Å². The largest absolute Gasteiger partial charge is 0.493 e. The van der Waals surface area contributed by atoms with Gasteiger partial charge in [0.25, 0.3) is 0 Å². The molecule has 0 spiro atoms. The average Bonchev–Trinajstić information content (AvgIpc) is 2.75. The van der Waals surface area contributed by atoms with Gasteiger partial charge in [0, 0.05) is 18.3 Å². The number of nitrogens with one attached hydrogen (secondary N) is 1. The highest BCUT2D eigenvalue weighted by Crippen LogP contribution is 2.30. The Hall–Kier alpha value is -2.60. The van der Waals surface area contributed by atoms with Crippen LogP contribution in [0.5, 0.6) is 23.0 Å². The summed E-state index contributed by atoms with van der Waals surface area (Å²) >= 11 is 0. The van der Waals surface area contributed by atoms with E-state index in [0.717, 1.165) is 48.1 Å². The normalized spacial score (nSPS) is 11.8. The molecule has 2 rings (SSSR count). The van der Waals surface area contributed by atoms with Crippen LogP contribution >= 0.6 is 0 Å². The second kappa shape index (κ2) is 10.7. The topological polar surface area (TPSA) is 52.2 Å². The highest BCUT2D eigenvalue weighted by Gasteiger charge is 2.14. The van der Waals surface area contributed by atoms with Gasteiger partial charge in [-0.3, -0.25) is 4.90 Å². The summed E-state index contributed by atoms with van der Waals surface area (Å²) in [6, 6.07) is 12.0. The molecule has 2 aromatic rings. The Bertz CT molecular complexity index is 751. The minimum Gasteiger partial charge on any atom is -0.493 e. The van der Waals surface area contributed by atoms with E-state index in [2.05, 4.69) is 30.3 Å². The molecule has 0 fully saturated rings. The van der Waals surface area contributed by atoms with Crippen LogP contribution in [0.3, 0.4) is 0 Å². The molecule has 0 saturated carbocycles. The Morgan fingerprint density at radius 2 is 1.39 bits per heavy atom. The lowest BCUT2D eigenvalue weighted by Gasteiger charge is -2.29. The molecule has 0 saturated heterocycles. The summed E-state index contributed by atoms with van der Waals surface area (Å²) in [5.41, 5.74) is 2.22. The van der Waals surface area contributed by atoms with Crippen LogP contribution in [0.2, 0.25) is 0 Å². The zero-order valence-corrected chi connectivity index (χ0v) is 17.7. The second-order valence-electron chi connectivity index (χ2n) is 6.56. The molecule has 0 heterocycles. The predicted molar refractivity (Wildman–Crippen MR) is 113 cm³/mol. The van der Waals surface area contributed by atoms with Crippen LogP contribution in [-0.2, 0) is 6.42 Å². The van der Waals surface area contributed by atoms with Gasteiger partial charge in [-0.15, -0.1) is 0 Å². The van der Waals surface area contributed by atoms with Crippen molar-refractivity contribution in [2.24, 2.45) is 0 Å². The summed E-state index contributed by atoms with van der Waals surface area (Å²) in [6.45, 7) is 3.08. The summed E-state index contributed by atoms with van der Waals surface area (Å²) in [6.07, 6.45) is 2.09. The van der Waals surface area contributed by atoms with Gasteiger partial charge in [0.05, 0.1) is 34.6 Å². The number of ether oxygens (including phenoxy) is 4. The molecular formula is C22H32N2O4. The molecule has 0 aliphatic heterocycles. The molecule has 154 valence electrons. The third-order valence-corrected chi connectivity index (χ3v) is 4.84. The lowest BCUT2D eigenvalue weighted by atomic mass is 10.1. The number of benzene rings is 2. The van der Waals surface area contributed by atoms with E-state index in [1.807, 2.05) is 30.3 Å². The van der Waals surface area contributed by atoms with Crippen molar-refractivity contribution >= 4 is 5.69 Å². The Morgan fingerprint density at radius 1 is 0.821 bits per heavy atom. The monoisotopic (exact) mass is 388 g/mol. The van der Waals surface area contributed by atoms with Crippen LogP contribution in [-0.4, -0.2) is 53.1 Å². The highest BCUT2D eigenvalue weighted by atomic mass is 16.5. The Kier molecular flexibility index (Phi) is 8.26. The van der Waals surface area contributed by atoms with Crippen molar-refractivity contribution in [2.45, 2.75) is 25.9 Å². The number of likely N-dealkylation sites (N-methyl/N-ethyl adjacent to an activating group) is 1. The second-order valence-corrected chi connectivity index (χ2v) is 6.56. The number of methoxy groups -OCH3 is 4. The fourth-order valence-electron chi connectivity index (χ4n) is 3.14. The van der Waals surface area contributed by atoms with Gasteiger partial charge in [0.2, 0.25) is 0 Å². The Balaban J connectivity index is 2.01. The maximum atomic E-state index is 5.40. The summed E-state index contributed by atoms with van der Waals surface area (Å²) in [5.74, 6) is 2.96. The fraction of sp³-hybridized carbons (Fsp3) is 0.455. The van der Waals surface area contributed by atoms with Gasteiger partial charge < -0.3 is 24.3 Å². The van der Waals surface area contributed by atoms with E-state index < -0.39 is 0 Å². The van der Waals surface area contributed by atoms with Gasteiger partial charge in [-0.25, -0.2) is 0 Å². The molecule has 28 heavy (non-hydrogen) atoms. The van der Waals surface area contributed by atoms with E-state index in [0.29, 0.717) is 0 Å². The minimum absolute atomic E-state index is 0.207. The zero-order valence-electron chi connectivity index (χ0n) is 17.7. The Morgan fingerprint density at radius 3 is 1.96 bits per heavy atom. The first-order chi connectivity index (χ1) is 13.6. The van der Waals surface area contributed by atoms with Crippen molar-refractivity contribution < 1.29 is 18.9 Å². The van der Waals surface area contributed by atoms with Crippen molar-refractivity contribution in [3.8, 4) is 23.0 Å². The van der Waals surface area contributed by atoms with Gasteiger partial charge in [0.15, 0.2) is 23.0 Å². The molecule has 1 N–H and O–H groups in total. The van der Waals surface area contributed by atoms with E-state index in [1.165, 1.54) is 5.56 Å². The lowest BCUT2D eigenvalue weighted by Crippen LogP contribution is -2.38. The number of rotatable bonds is 11.